The van der Waals surface area contributed by atoms with Crippen LogP contribution in [0, 0.1) is 12.8 Å². The zero-order valence-electron chi connectivity index (χ0n) is 18.8. The molecule has 5 nitrogen and oxygen atoms in total. The van der Waals surface area contributed by atoms with Crippen molar-refractivity contribution < 1.29 is 4.79 Å². The van der Waals surface area contributed by atoms with E-state index in [0.717, 1.165) is 38.6 Å². The molecule has 168 valence electrons. The van der Waals surface area contributed by atoms with Crippen molar-refractivity contribution >= 4 is 35.8 Å². The summed E-state index contributed by atoms with van der Waals surface area (Å²) >= 11 is 0. The minimum absolute atomic E-state index is 0. The maximum Gasteiger partial charge on any atom is 0.223 e. The predicted molar refractivity (Wildman–Crippen MR) is 139 cm³/mol. The smallest absolute Gasteiger partial charge is 0.223 e. The van der Waals surface area contributed by atoms with Crippen molar-refractivity contribution in [3.8, 4) is 0 Å². The summed E-state index contributed by atoms with van der Waals surface area (Å²) in [5.41, 5.74) is 3.89. The molecular formula is C25H35IN4O. The van der Waals surface area contributed by atoms with Crippen molar-refractivity contribution in [2.24, 2.45) is 10.9 Å². The number of guanidine groups is 1. The minimum Gasteiger partial charge on any atom is -0.356 e. The Balaban J connectivity index is 0.00000341. The summed E-state index contributed by atoms with van der Waals surface area (Å²) < 4.78 is 0. The standard InChI is InChI=1S/C25H34N4O.HI/c1-19-8-7-11-23(14-19)20(2)16-27-25(26-3)28-17-22-15-24(30)29(18-22)13-12-21-9-5-4-6-10-21;/h4-11,14,20,22H,12-13,15-18H2,1-3H3,(H2,26,27,28);1H. The van der Waals surface area contributed by atoms with Crippen LogP contribution in [0.2, 0.25) is 0 Å². The number of rotatable bonds is 8. The highest BCUT2D eigenvalue weighted by Crippen LogP contribution is 2.18. The molecule has 2 unspecified atom stereocenters. The second kappa shape index (κ2) is 12.7. The molecule has 1 aliphatic rings. The second-order valence-corrected chi connectivity index (χ2v) is 8.29. The summed E-state index contributed by atoms with van der Waals surface area (Å²) in [5.74, 6) is 1.77. The van der Waals surface area contributed by atoms with E-state index in [1.54, 1.807) is 7.05 Å². The maximum absolute atomic E-state index is 12.4. The first-order valence-corrected chi connectivity index (χ1v) is 10.9. The first kappa shape index (κ1) is 25.2. The van der Waals surface area contributed by atoms with E-state index >= 15 is 0 Å². The average Bonchev–Trinajstić information content (AvgIpc) is 3.12. The maximum atomic E-state index is 12.4. The van der Waals surface area contributed by atoms with Gasteiger partial charge in [-0.2, -0.15) is 0 Å². The quantitative estimate of drug-likeness (QED) is 0.306. The number of nitrogens with one attached hydrogen (secondary N) is 2. The van der Waals surface area contributed by atoms with Crippen LogP contribution in [-0.4, -0.2) is 50.0 Å². The number of likely N-dealkylation sites (tertiary alicyclic amines) is 1. The Morgan fingerprint density at radius 1 is 1.16 bits per heavy atom. The Kier molecular flexibility index (Phi) is 10.3. The molecule has 2 aromatic carbocycles. The van der Waals surface area contributed by atoms with E-state index in [1.807, 2.05) is 23.1 Å². The normalized spacial score (nSPS) is 17.3. The van der Waals surface area contributed by atoms with Crippen molar-refractivity contribution in [3.05, 3.63) is 71.3 Å². The van der Waals surface area contributed by atoms with E-state index in [2.05, 4.69) is 65.9 Å². The molecule has 1 amide bonds. The molecule has 2 N–H and O–H groups in total. The molecule has 1 heterocycles. The molecule has 1 aliphatic heterocycles. The Morgan fingerprint density at radius 2 is 1.94 bits per heavy atom. The Labute approximate surface area is 203 Å². The fraction of sp³-hybridized carbons (Fsp3) is 0.440. The molecule has 0 saturated carbocycles. The van der Waals surface area contributed by atoms with Gasteiger partial charge < -0.3 is 15.5 Å². The molecule has 2 aromatic rings. The van der Waals surface area contributed by atoms with Crippen LogP contribution in [0.3, 0.4) is 0 Å². The Morgan fingerprint density at radius 3 is 2.65 bits per heavy atom. The van der Waals surface area contributed by atoms with Gasteiger partial charge >= 0.3 is 0 Å². The highest BCUT2D eigenvalue weighted by atomic mass is 127. The van der Waals surface area contributed by atoms with Crippen LogP contribution >= 0.6 is 24.0 Å². The summed E-state index contributed by atoms with van der Waals surface area (Å²) in [6.45, 7) is 7.52. The van der Waals surface area contributed by atoms with E-state index in [9.17, 15) is 4.79 Å². The van der Waals surface area contributed by atoms with Crippen molar-refractivity contribution in [1.29, 1.82) is 0 Å². The van der Waals surface area contributed by atoms with Crippen LogP contribution < -0.4 is 10.6 Å². The molecule has 0 bridgehead atoms. The van der Waals surface area contributed by atoms with Gasteiger partial charge in [-0.15, -0.1) is 24.0 Å². The Hall–Kier alpha value is -2.09. The molecule has 1 saturated heterocycles. The van der Waals surface area contributed by atoms with E-state index in [4.69, 9.17) is 0 Å². The fourth-order valence-electron chi connectivity index (χ4n) is 3.92. The zero-order valence-corrected chi connectivity index (χ0v) is 21.1. The van der Waals surface area contributed by atoms with Crippen molar-refractivity contribution in [3.63, 3.8) is 0 Å². The number of aliphatic imine (C=N–C) groups is 1. The number of nitrogens with zero attached hydrogens (tertiary/aromatic N) is 2. The first-order chi connectivity index (χ1) is 14.5. The fourth-order valence-corrected chi connectivity index (χ4v) is 3.92. The molecule has 6 heteroatoms. The van der Waals surface area contributed by atoms with Crippen LogP contribution in [0.1, 0.15) is 36.0 Å². The predicted octanol–water partition coefficient (Wildman–Crippen LogP) is 3.97. The van der Waals surface area contributed by atoms with Crippen LogP contribution in [0.4, 0.5) is 0 Å². The summed E-state index contributed by atoms with van der Waals surface area (Å²) in [5, 5.41) is 6.82. The average molecular weight is 534 g/mol. The number of hydrogen-bond acceptors (Lipinski definition) is 2. The molecule has 2 atom stereocenters. The lowest BCUT2D eigenvalue weighted by Crippen LogP contribution is -2.41. The largest absolute Gasteiger partial charge is 0.356 e. The van der Waals surface area contributed by atoms with Crippen LogP contribution in [0.5, 0.6) is 0 Å². The molecule has 0 aliphatic carbocycles. The second-order valence-electron chi connectivity index (χ2n) is 8.29. The Bertz CT molecular complexity index is 856. The zero-order chi connectivity index (χ0) is 21.3. The van der Waals surface area contributed by atoms with Crippen LogP contribution in [-0.2, 0) is 11.2 Å². The monoisotopic (exact) mass is 534 g/mol. The molecule has 1 fully saturated rings. The highest BCUT2D eigenvalue weighted by molar-refractivity contribution is 14.0. The highest BCUT2D eigenvalue weighted by Gasteiger charge is 2.29. The van der Waals surface area contributed by atoms with E-state index < -0.39 is 0 Å². The topological polar surface area (TPSA) is 56.7 Å². The summed E-state index contributed by atoms with van der Waals surface area (Å²) in [7, 11) is 1.79. The number of amides is 1. The van der Waals surface area contributed by atoms with Crippen molar-refractivity contribution in [2.75, 3.05) is 33.2 Å². The van der Waals surface area contributed by atoms with Gasteiger partial charge in [0.05, 0.1) is 0 Å². The van der Waals surface area contributed by atoms with Gasteiger partial charge in [0.25, 0.3) is 0 Å². The summed E-state index contributed by atoms with van der Waals surface area (Å²) in [6, 6.07) is 19.0. The molecule has 3 rings (SSSR count). The van der Waals surface area contributed by atoms with Gasteiger partial charge in [0.1, 0.15) is 0 Å². The lowest BCUT2D eigenvalue weighted by molar-refractivity contribution is -0.127. The van der Waals surface area contributed by atoms with Crippen LogP contribution in [0.15, 0.2) is 59.6 Å². The van der Waals surface area contributed by atoms with Crippen LogP contribution in [0.25, 0.3) is 0 Å². The van der Waals surface area contributed by atoms with Crippen molar-refractivity contribution in [2.45, 2.75) is 32.6 Å². The lowest BCUT2D eigenvalue weighted by atomic mass is 9.99. The molecular weight excluding hydrogens is 499 g/mol. The van der Waals surface area contributed by atoms with Gasteiger partial charge in [0.2, 0.25) is 5.91 Å². The van der Waals surface area contributed by atoms with Gasteiger partial charge in [-0.1, -0.05) is 67.1 Å². The molecule has 31 heavy (non-hydrogen) atoms. The van der Waals surface area contributed by atoms with Gasteiger partial charge in [0, 0.05) is 45.6 Å². The number of benzene rings is 2. The summed E-state index contributed by atoms with van der Waals surface area (Å²) in [6.07, 6.45) is 1.52. The van der Waals surface area contributed by atoms with E-state index in [-0.39, 0.29) is 29.9 Å². The first-order valence-electron chi connectivity index (χ1n) is 10.9. The number of carbonyl (C=O) groups excluding carboxylic acids is 1. The number of hydrogen-bond donors (Lipinski definition) is 2. The van der Waals surface area contributed by atoms with Gasteiger partial charge in [-0.05, 0) is 30.4 Å². The van der Waals surface area contributed by atoms with Gasteiger partial charge in [-0.3, -0.25) is 9.79 Å². The van der Waals surface area contributed by atoms with Gasteiger partial charge in [-0.25, -0.2) is 0 Å². The number of halogens is 1. The van der Waals surface area contributed by atoms with E-state index in [1.165, 1.54) is 16.7 Å². The molecule has 0 aromatic heterocycles. The SMILES string of the molecule is CN=C(NCC1CC(=O)N(CCc2ccccc2)C1)NCC(C)c1cccc(C)c1.I. The third kappa shape index (κ3) is 7.83. The molecule has 0 radical (unpaired) electrons. The molecule has 0 spiro atoms. The third-order valence-corrected chi connectivity index (χ3v) is 5.78. The minimum atomic E-state index is 0. The lowest BCUT2D eigenvalue weighted by Gasteiger charge is -2.19. The van der Waals surface area contributed by atoms with Gasteiger partial charge in [0.15, 0.2) is 5.96 Å². The van der Waals surface area contributed by atoms with E-state index in [0.29, 0.717) is 18.3 Å². The summed E-state index contributed by atoms with van der Waals surface area (Å²) in [4.78, 5) is 18.7. The number of aryl methyl sites for hydroxylation is 1. The number of carbonyl (C=O) groups is 1. The van der Waals surface area contributed by atoms with Crippen molar-refractivity contribution in [1.82, 2.24) is 15.5 Å². The third-order valence-electron chi connectivity index (χ3n) is 5.78.